The Labute approximate surface area is 116 Å². The second-order valence-electron chi connectivity index (χ2n) is 4.80. The van der Waals surface area contributed by atoms with Gasteiger partial charge in [-0.1, -0.05) is 31.1 Å². The molecule has 1 fully saturated rings. The van der Waals surface area contributed by atoms with Crippen LogP contribution in [0.3, 0.4) is 0 Å². The number of nitrogens with zero attached hydrogens (tertiary/aromatic N) is 2. The molecule has 1 saturated heterocycles. The van der Waals surface area contributed by atoms with E-state index in [9.17, 15) is 9.90 Å². The van der Waals surface area contributed by atoms with Gasteiger partial charge in [0.15, 0.2) is 0 Å². The van der Waals surface area contributed by atoms with E-state index in [0.717, 1.165) is 17.8 Å². The quantitative estimate of drug-likeness (QED) is 0.677. The zero-order chi connectivity index (χ0) is 13.7. The number of β-amino-alcohol motifs (C(OH)–C–C–N with tert-alkyl or cyclic N) is 1. The lowest BCUT2D eigenvalue weighted by molar-refractivity contribution is -0.117. The van der Waals surface area contributed by atoms with E-state index in [2.05, 4.69) is 27.8 Å². The molecule has 106 valence electrons. The fraction of sp³-hybridized carbons (Fsp3) is 0.750. The van der Waals surface area contributed by atoms with Crippen LogP contribution in [0.4, 0.5) is 5.13 Å². The molecule has 2 heterocycles. The van der Waals surface area contributed by atoms with Crippen molar-refractivity contribution in [2.45, 2.75) is 51.2 Å². The molecular weight excluding hydrogens is 264 g/mol. The first-order valence-electron chi connectivity index (χ1n) is 6.73. The van der Waals surface area contributed by atoms with E-state index in [1.54, 1.807) is 0 Å². The van der Waals surface area contributed by atoms with Crippen molar-refractivity contribution in [1.29, 1.82) is 0 Å². The topological polar surface area (TPSA) is 87.1 Å². The molecule has 6 nitrogen and oxygen atoms in total. The molecule has 1 aromatic heterocycles. The van der Waals surface area contributed by atoms with E-state index >= 15 is 0 Å². The van der Waals surface area contributed by atoms with E-state index in [1.165, 1.54) is 24.2 Å². The lowest BCUT2D eigenvalue weighted by Crippen LogP contribution is -2.35. The van der Waals surface area contributed by atoms with Crippen molar-refractivity contribution in [1.82, 2.24) is 15.5 Å². The number of hydrogen-bond acceptors (Lipinski definition) is 6. The third-order valence-electron chi connectivity index (χ3n) is 3.12. The van der Waals surface area contributed by atoms with Crippen LogP contribution in [0.1, 0.15) is 37.6 Å². The third kappa shape index (κ3) is 4.22. The van der Waals surface area contributed by atoms with Gasteiger partial charge in [0.25, 0.3) is 0 Å². The summed E-state index contributed by atoms with van der Waals surface area (Å²) in [4.78, 5) is 11.9. The number of aryl methyl sites for hydroxylation is 1. The van der Waals surface area contributed by atoms with Crippen LogP contribution in [0.2, 0.25) is 0 Å². The molecule has 7 heteroatoms. The van der Waals surface area contributed by atoms with Gasteiger partial charge in [0, 0.05) is 13.0 Å². The summed E-state index contributed by atoms with van der Waals surface area (Å²) in [6, 6.07) is -0.331. The third-order valence-corrected chi connectivity index (χ3v) is 4.01. The first kappa shape index (κ1) is 14.4. The molecule has 0 aromatic carbocycles. The van der Waals surface area contributed by atoms with Crippen molar-refractivity contribution in [2.75, 3.05) is 11.9 Å². The maximum atomic E-state index is 11.9. The Balaban J connectivity index is 1.80. The van der Waals surface area contributed by atoms with Gasteiger partial charge in [0.1, 0.15) is 5.01 Å². The van der Waals surface area contributed by atoms with Gasteiger partial charge in [-0.2, -0.15) is 0 Å². The number of carbonyl (C=O) groups excluding carboxylic acids is 1. The molecule has 0 radical (unpaired) electrons. The molecule has 1 aliphatic heterocycles. The highest BCUT2D eigenvalue weighted by atomic mass is 32.1. The van der Waals surface area contributed by atoms with Gasteiger partial charge in [0.05, 0.1) is 12.1 Å². The van der Waals surface area contributed by atoms with Crippen molar-refractivity contribution in [3.05, 3.63) is 5.01 Å². The van der Waals surface area contributed by atoms with Gasteiger partial charge >= 0.3 is 0 Å². The zero-order valence-electron chi connectivity index (χ0n) is 11.1. The number of anilines is 1. The van der Waals surface area contributed by atoms with Crippen LogP contribution >= 0.6 is 11.3 Å². The van der Waals surface area contributed by atoms with Gasteiger partial charge in [-0.15, -0.1) is 10.2 Å². The summed E-state index contributed by atoms with van der Waals surface area (Å²) < 4.78 is 0. The van der Waals surface area contributed by atoms with Gasteiger partial charge in [-0.3, -0.25) is 10.1 Å². The molecule has 2 rings (SSSR count). The van der Waals surface area contributed by atoms with Gasteiger partial charge in [0.2, 0.25) is 11.0 Å². The van der Waals surface area contributed by atoms with Crippen molar-refractivity contribution in [2.24, 2.45) is 0 Å². The minimum absolute atomic E-state index is 0.146. The van der Waals surface area contributed by atoms with Crippen LogP contribution < -0.4 is 10.6 Å². The molecule has 0 aliphatic carbocycles. The summed E-state index contributed by atoms with van der Waals surface area (Å²) >= 11 is 1.43. The minimum Gasteiger partial charge on any atom is -0.392 e. The molecule has 1 aliphatic rings. The second kappa shape index (κ2) is 6.93. The van der Waals surface area contributed by atoms with Crippen molar-refractivity contribution in [3.8, 4) is 0 Å². The Hall–Kier alpha value is -1.05. The number of rotatable bonds is 6. The second-order valence-corrected chi connectivity index (χ2v) is 5.86. The number of aromatic nitrogens is 2. The number of amides is 1. The summed E-state index contributed by atoms with van der Waals surface area (Å²) in [6.45, 7) is 2.63. The Kier molecular flexibility index (Phi) is 5.24. The Morgan fingerprint density at radius 2 is 2.37 bits per heavy atom. The van der Waals surface area contributed by atoms with Crippen molar-refractivity contribution >= 4 is 22.4 Å². The highest BCUT2D eigenvalue weighted by Crippen LogP contribution is 2.18. The average Bonchev–Trinajstić information content (AvgIpc) is 2.99. The first-order chi connectivity index (χ1) is 9.19. The van der Waals surface area contributed by atoms with Crippen molar-refractivity contribution in [3.63, 3.8) is 0 Å². The standard InChI is InChI=1S/C12H20N4O2S/c1-2-3-4-5-10-15-16-12(19-10)14-11(18)9-6-8(17)7-13-9/h8-9,13,17H,2-7H2,1H3,(H,14,16,18). The van der Waals surface area contributed by atoms with Crippen LogP contribution in [-0.4, -0.2) is 39.9 Å². The summed E-state index contributed by atoms with van der Waals surface area (Å²) in [5.74, 6) is -0.146. The normalized spacial score (nSPS) is 22.6. The summed E-state index contributed by atoms with van der Waals surface area (Å²) in [5, 5.41) is 24.6. The van der Waals surface area contributed by atoms with E-state index in [1.807, 2.05) is 0 Å². The molecule has 2 atom stereocenters. The lowest BCUT2D eigenvalue weighted by atomic mass is 10.2. The highest BCUT2D eigenvalue weighted by molar-refractivity contribution is 7.15. The molecule has 2 unspecified atom stereocenters. The zero-order valence-corrected chi connectivity index (χ0v) is 11.9. The van der Waals surface area contributed by atoms with Gasteiger partial charge in [-0.05, 0) is 12.8 Å². The Morgan fingerprint density at radius 1 is 1.53 bits per heavy atom. The molecular formula is C12H20N4O2S. The fourth-order valence-corrected chi connectivity index (χ4v) is 2.83. The lowest BCUT2D eigenvalue weighted by Gasteiger charge is -2.07. The predicted molar refractivity (Wildman–Crippen MR) is 74.2 cm³/mol. The number of hydrogen-bond donors (Lipinski definition) is 3. The van der Waals surface area contributed by atoms with E-state index in [-0.39, 0.29) is 11.9 Å². The molecule has 1 amide bonds. The number of unbranched alkanes of at least 4 members (excludes halogenated alkanes) is 2. The highest BCUT2D eigenvalue weighted by Gasteiger charge is 2.28. The van der Waals surface area contributed by atoms with E-state index in [4.69, 9.17) is 0 Å². The van der Waals surface area contributed by atoms with Crippen molar-refractivity contribution < 1.29 is 9.90 Å². The number of aliphatic hydroxyl groups is 1. The van der Waals surface area contributed by atoms with Crippen LogP contribution in [0.15, 0.2) is 0 Å². The molecule has 0 spiro atoms. The maximum absolute atomic E-state index is 11.9. The molecule has 19 heavy (non-hydrogen) atoms. The van der Waals surface area contributed by atoms with Crippen LogP contribution in [-0.2, 0) is 11.2 Å². The van der Waals surface area contributed by atoms with Crippen LogP contribution in [0, 0.1) is 0 Å². The molecule has 0 saturated carbocycles. The largest absolute Gasteiger partial charge is 0.392 e. The van der Waals surface area contributed by atoms with E-state index < -0.39 is 6.10 Å². The fourth-order valence-electron chi connectivity index (χ4n) is 2.04. The minimum atomic E-state index is -0.435. The summed E-state index contributed by atoms with van der Waals surface area (Å²) in [6.07, 6.45) is 4.41. The first-order valence-corrected chi connectivity index (χ1v) is 7.55. The molecule has 3 N–H and O–H groups in total. The summed E-state index contributed by atoms with van der Waals surface area (Å²) in [5.41, 5.74) is 0. The monoisotopic (exact) mass is 284 g/mol. The predicted octanol–water partition coefficient (Wildman–Crippen LogP) is 0.932. The SMILES string of the molecule is CCCCCc1nnc(NC(=O)C2CC(O)CN2)s1. The van der Waals surface area contributed by atoms with E-state index in [0.29, 0.717) is 18.1 Å². The molecule has 0 bridgehead atoms. The van der Waals surface area contributed by atoms with Crippen LogP contribution in [0.5, 0.6) is 0 Å². The van der Waals surface area contributed by atoms with Crippen LogP contribution in [0.25, 0.3) is 0 Å². The summed E-state index contributed by atoms with van der Waals surface area (Å²) in [7, 11) is 0. The molecule has 1 aromatic rings. The number of carbonyl (C=O) groups is 1. The maximum Gasteiger partial charge on any atom is 0.243 e. The van der Waals surface area contributed by atoms with Gasteiger partial charge in [-0.25, -0.2) is 0 Å². The average molecular weight is 284 g/mol. The number of aliphatic hydroxyl groups excluding tert-OH is 1. The van der Waals surface area contributed by atoms with Gasteiger partial charge < -0.3 is 10.4 Å². The Morgan fingerprint density at radius 3 is 3.05 bits per heavy atom. The Bertz CT molecular complexity index is 424. The number of nitrogens with one attached hydrogen (secondary N) is 2. The smallest absolute Gasteiger partial charge is 0.243 e.